The Morgan fingerprint density at radius 2 is 0.897 bits per heavy atom. The van der Waals surface area contributed by atoms with Gasteiger partial charge in [-0.15, -0.1) is 0 Å². The van der Waals surface area contributed by atoms with Gasteiger partial charge >= 0.3 is 0 Å². The summed E-state index contributed by atoms with van der Waals surface area (Å²) in [5, 5.41) is 7.51. The van der Waals surface area contributed by atoms with Gasteiger partial charge in [-0.3, -0.25) is 0 Å². The van der Waals surface area contributed by atoms with Gasteiger partial charge in [0.2, 0.25) is 0 Å². The van der Waals surface area contributed by atoms with Crippen LogP contribution in [0.2, 0.25) is 0 Å². The first-order valence-electron chi connectivity index (χ1n) is 19.9. The maximum atomic E-state index is 2.42. The SMILES string of the molecule is c1ccc(-c2ccc(N(c3cccc(-c4ccc(-n5c6ccccc6c6c7c(-c8ccccc8)cccc7ccc65)cc4)c3)c3cccc4ccccc34)cc2)cc1. The van der Waals surface area contributed by atoms with Crippen LogP contribution < -0.4 is 4.90 Å². The standard InChI is InChI=1S/C56H38N2/c1-3-14-39(15-4-1)40-28-33-46(34-29-40)57(52-27-13-19-42-18-7-8-23-49(42)52)48-22-11-21-45(38-48)41-30-35-47(36-31-41)58-53-26-10-9-24-51(53)56-54(58)37-32-44-20-12-25-50(55(44)56)43-16-5-2-6-17-43/h1-38H. The minimum atomic E-state index is 1.11. The lowest BCUT2D eigenvalue weighted by Gasteiger charge is -2.27. The summed E-state index contributed by atoms with van der Waals surface area (Å²) in [6.45, 7) is 0. The van der Waals surface area contributed by atoms with Gasteiger partial charge in [-0.2, -0.15) is 0 Å². The van der Waals surface area contributed by atoms with Crippen LogP contribution in [0.25, 0.3) is 82.4 Å². The van der Waals surface area contributed by atoms with Crippen LogP contribution in [0.4, 0.5) is 17.1 Å². The van der Waals surface area contributed by atoms with E-state index in [1.54, 1.807) is 0 Å². The fourth-order valence-corrected chi connectivity index (χ4v) is 8.87. The predicted octanol–water partition coefficient (Wildman–Crippen LogP) is 15.6. The molecule has 1 heterocycles. The van der Waals surface area contributed by atoms with Gasteiger partial charge < -0.3 is 9.47 Å². The Balaban J connectivity index is 1.02. The highest BCUT2D eigenvalue weighted by molar-refractivity contribution is 6.24. The number of rotatable bonds is 7. The van der Waals surface area contributed by atoms with Crippen molar-refractivity contribution < 1.29 is 0 Å². The lowest BCUT2D eigenvalue weighted by molar-refractivity contribution is 1.18. The fraction of sp³-hybridized carbons (Fsp3) is 0. The van der Waals surface area contributed by atoms with Gasteiger partial charge in [0.25, 0.3) is 0 Å². The highest BCUT2D eigenvalue weighted by Gasteiger charge is 2.19. The summed E-state index contributed by atoms with van der Waals surface area (Å²) < 4.78 is 2.42. The number of aromatic nitrogens is 1. The largest absolute Gasteiger partial charge is 0.310 e. The average Bonchev–Trinajstić information content (AvgIpc) is 3.65. The summed E-state index contributed by atoms with van der Waals surface area (Å²) in [4.78, 5) is 2.39. The molecule has 0 unspecified atom stereocenters. The van der Waals surface area contributed by atoms with Gasteiger partial charge in [0.05, 0.1) is 16.7 Å². The van der Waals surface area contributed by atoms with E-state index in [9.17, 15) is 0 Å². The Hall–Kier alpha value is -7.68. The first kappa shape index (κ1) is 33.6. The van der Waals surface area contributed by atoms with Crippen molar-refractivity contribution >= 4 is 60.4 Å². The van der Waals surface area contributed by atoms with Crippen molar-refractivity contribution in [3.05, 3.63) is 231 Å². The average molecular weight is 739 g/mol. The molecule has 0 saturated heterocycles. The molecule has 0 bridgehead atoms. The van der Waals surface area contributed by atoms with E-state index in [2.05, 4.69) is 240 Å². The minimum Gasteiger partial charge on any atom is -0.310 e. The zero-order valence-corrected chi connectivity index (χ0v) is 31.8. The van der Waals surface area contributed by atoms with Crippen molar-refractivity contribution in [2.45, 2.75) is 0 Å². The maximum Gasteiger partial charge on any atom is 0.0547 e. The number of fused-ring (bicyclic) bond motifs is 6. The molecule has 0 aliphatic heterocycles. The second kappa shape index (κ2) is 14.1. The zero-order valence-electron chi connectivity index (χ0n) is 31.8. The molecule has 10 aromatic carbocycles. The van der Waals surface area contributed by atoms with Gasteiger partial charge in [-0.05, 0) is 104 Å². The van der Waals surface area contributed by atoms with E-state index >= 15 is 0 Å². The number of para-hydroxylation sites is 1. The number of hydrogen-bond donors (Lipinski definition) is 0. The van der Waals surface area contributed by atoms with Crippen LogP contribution in [0.3, 0.4) is 0 Å². The Kier molecular flexibility index (Phi) is 8.19. The maximum absolute atomic E-state index is 2.42. The molecule has 1 aromatic heterocycles. The molecule has 0 fully saturated rings. The molecule has 0 spiro atoms. The number of benzene rings is 10. The minimum absolute atomic E-state index is 1.11. The van der Waals surface area contributed by atoms with Gasteiger partial charge in [0.1, 0.15) is 0 Å². The topological polar surface area (TPSA) is 8.17 Å². The van der Waals surface area contributed by atoms with Crippen LogP contribution in [0, 0.1) is 0 Å². The van der Waals surface area contributed by atoms with E-state index in [1.165, 1.54) is 71.2 Å². The number of nitrogens with zero attached hydrogens (tertiary/aromatic N) is 2. The molecule has 0 N–H and O–H groups in total. The van der Waals surface area contributed by atoms with Crippen LogP contribution in [0.1, 0.15) is 0 Å². The molecular formula is C56H38N2. The lowest BCUT2D eigenvalue weighted by atomic mass is 9.94. The molecule has 58 heavy (non-hydrogen) atoms. The van der Waals surface area contributed by atoms with E-state index in [-0.39, 0.29) is 0 Å². The highest BCUT2D eigenvalue weighted by atomic mass is 15.1. The second-order valence-electron chi connectivity index (χ2n) is 14.9. The Morgan fingerprint density at radius 3 is 1.71 bits per heavy atom. The predicted molar refractivity (Wildman–Crippen MR) is 247 cm³/mol. The van der Waals surface area contributed by atoms with E-state index in [0.717, 1.165) is 28.3 Å². The highest BCUT2D eigenvalue weighted by Crippen LogP contribution is 2.43. The summed E-state index contributed by atoms with van der Waals surface area (Å²) in [5.41, 5.74) is 14.1. The molecule has 2 heteroatoms. The molecule has 0 aliphatic rings. The molecule has 0 atom stereocenters. The summed E-state index contributed by atoms with van der Waals surface area (Å²) >= 11 is 0. The molecule has 11 rings (SSSR count). The summed E-state index contributed by atoms with van der Waals surface area (Å²) in [5.74, 6) is 0. The van der Waals surface area contributed by atoms with Crippen molar-refractivity contribution in [2.24, 2.45) is 0 Å². The first-order valence-corrected chi connectivity index (χ1v) is 19.9. The van der Waals surface area contributed by atoms with E-state index in [0.29, 0.717) is 0 Å². The number of anilines is 3. The monoisotopic (exact) mass is 738 g/mol. The molecule has 0 saturated carbocycles. The fourth-order valence-electron chi connectivity index (χ4n) is 8.87. The van der Waals surface area contributed by atoms with Crippen molar-refractivity contribution in [1.82, 2.24) is 4.57 Å². The summed E-state index contributed by atoms with van der Waals surface area (Å²) in [7, 11) is 0. The van der Waals surface area contributed by atoms with Crippen LogP contribution in [0.5, 0.6) is 0 Å². The van der Waals surface area contributed by atoms with E-state index in [1.807, 2.05) is 0 Å². The molecule has 11 aromatic rings. The quantitative estimate of drug-likeness (QED) is 0.158. The Morgan fingerprint density at radius 1 is 0.310 bits per heavy atom. The lowest BCUT2D eigenvalue weighted by Crippen LogP contribution is -2.10. The van der Waals surface area contributed by atoms with Gasteiger partial charge in [-0.25, -0.2) is 0 Å². The normalized spacial score (nSPS) is 11.4. The molecular weight excluding hydrogens is 701 g/mol. The molecule has 0 amide bonds. The molecule has 0 aliphatic carbocycles. The van der Waals surface area contributed by atoms with Crippen LogP contribution >= 0.6 is 0 Å². The molecule has 2 nitrogen and oxygen atoms in total. The van der Waals surface area contributed by atoms with Crippen LogP contribution in [-0.4, -0.2) is 4.57 Å². The summed E-state index contributed by atoms with van der Waals surface area (Å²) in [6.07, 6.45) is 0. The Bertz CT molecular complexity index is 3250. The van der Waals surface area contributed by atoms with Crippen molar-refractivity contribution in [3.8, 4) is 39.1 Å². The Labute approximate surface area is 338 Å². The third-order valence-electron chi connectivity index (χ3n) is 11.6. The third-order valence-corrected chi connectivity index (χ3v) is 11.6. The van der Waals surface area contributed by atoms with Crippen molar-refractivity contribution in [1.29, 1.82) is 0 Å². The van der Waals surface area contributed by atoms with Crippen LogP contribution in [-0.2, 0) is 0 Å². The van der Waals surface area contributed by atoms with Crippen molar-refractivity contribution in [3.63, 3.8) is 0 Å². The molecule has 0 radical (unpaired) electrons. The third kappa shape index (κ3) is 5.74. The smallest absolute Gasteiger partial charge is 0.0547 e. The van der Waals surface area contributed by atoms with E-state index < -0.39 is 0 Å². The molecule has 272 valence electrons. The zero-order chi connectivity index (χ0) is 38.4. The second-order valence-corrected chi connectivity index (χ2v) is 14.9. The first-order chi connectivity index (χ1) is 28.8. The van der Waals surface area contributed by atoms with Gasteiger partial charge in [-0.1, -0.05) is 176 Å². The van der Waals surface area contributed by atoms with Crippen LogP contribution in [0.15, 0.2) is 231 Å². The number of hydrogen-bond acceptors (Lipinski definition) is 1. The van der Waals surface area contributed by atoms with Crippen molar-refractivity contribution in [2.75, 3.05) is 4.90 Å². The summed E-state index contributed by atoms with van der Waals surface area (Å²) in [6, 6.07) is 83.6. The van der Waals surface area contributed by atoms with Gasteiger partial charge in [0.15, 0.2) is 0 Å². The van der Waals surface area contributed by atoms with E-state index in [4.69, 9.17) is 0 Å². The van der Waals surface area contributed by atoms with Gasteiger partial charge in [0, 0.05) is 33.2 Å².